The molecule has 0 aliphatic heterocycles. The van der Waals surface area contributed by atoms with Crippen LogP contribution in [0, 0.1) is 6.92 Å². The number of rotatable bonds is 2. The zero-order chi connectivity index (χ0) is 14.3. The Balaban J connectivity index is 2.29. The van der Waals surface area contributed by atoms with E-state index in [9.17, 15) is 0 Å². The minimum atomic E-state index is 0.285. The van der Waals surface area contributed by atoms with Crippen molar-refractivity contribution in [3.05, 3.63) is 42.1 Å². The standard InChI is InChI=1S/C16H18N4/c1-10(2)20-15(12-7-6-11(3)13(17)9-12)19-14-5-4-8-18-16(14)20/h4-10H,17H2,1-3H3. The van der Waals surface area contributed by atoms with E-state index in [1.54, 1.807) is 6.20 Å². The highest BCUT2D eigenvalue weighted by Gasteiger charge is 2.15. The van der Waals surface area contributed by atoms with Crippen LogP contribution in [0.4, 0.5) is 5.69 Å². The van der Waals surface area contributed by atoms with Crippen LogP contribution in [-0.4, -0.2) is 14.5 Å². The van der Waals surface area contributed by atoms with Crippen LogP contribution < -0.4 is 5.73 Å². The van der Waals surface area contributed by atoms with Crippen LogP contribution in [-0.2, 0) is 0 Å². The summed E-state index contributed by atoms with van der Waals surface area (Å²) in [5.41, 5.74) is 10.8. The second-order valence-electron chi connectivity index (χ2n) is 5.32. The number of imidazole rings is 1. The molecule has 0 radical (unpaired) electrons. The zero-order valence-electron chi connectivity index (χ0n) is 12.0. The molecule has 2 heterocycles. The molecule has 4 heteroatoms. The summed E-state index contributed by atoms with van der Waals surface area (Å²) in [7, 11) is 0. The molecule has 0 atom stereocenters. The summed E-state index contributed by atoms with van der Waals surface area (Å²) in [6.07, 6.45) is 1.80. The van der Waals surface area contributed by atoms with Crippen molar-refractivity contribution in [1.82, 2.24) is 14.5 Å². The number of nitrogens with zero attached hydrogens (tertiary/aromatic N) is 3. The van der Waals surface area contributed by atoms with E-state index in [-0.39, 0.29) is 6.04 Å². The van der Waals surface area contributed by atoms with Crippen molar-refractivity contribution in [2.45, 2.75) is 26.8 Å². The van der Waals surface area contributed by atoms with Gasteiger partial charge in [0.2, 0.25) is 0 Å². The first-order chi connectivity index (χ1) is 9.58. The lowest BCUT2D eigenvalue weighted by atomic mass is 10.1. The third-order valence-corrected chi connectivity index (χ3v) is 3.50. The Labute approximate surface area is 118 Å². The van der Waals surface area contributed by atoms with E-state index in [1.165, 1.54) is 0 Å². The lowest BCUT2D eigenvalue weighted by Crippen LogP contribution is -2.04. The van der Waals surface area contributed by atoms with Gasteiger partial charge in [-0.25, -0.2) is 9.97 Å². The van der Waals surface area contributed by atoms with Gasteiger partial charge in [0.1, 0.15) is 11.3 Å². The van der Waals surface area contributed by atoms with E-state index in [0.717, 1.165) is 33.8 Å². The van der Waals surface area contributed by atoms with Gasteiger partial charge < -0.3 is 10.3 Å². The second kappa shape index (κ2) is 4.63. The number of hydrogen-bond donors (Lipinski definition) is 1. The third-order valence-electron chi connectivity index (χ3n) is 3.50. The summed E-state index contributed by atoms with van der Waals surface area (Å²) in [4.78, 5) is 9.18. The molecule has 0 aliphatic rings. The largest absolute Gasteiger partial charge is 0.398 e. The molecule has 2 aromatic heterocycles. The molecule has 3 rings (SSSR count). The van der Waals surface area contributed by atoms with E-state index in [0.29, 0.717) is 0 Å². The maximum absolute atomic E-state index is 6.03. The highest BCUT2D eigenvalue weighted by molar-refractivity contribution is 5.78. The van der Waals surface area contributed by atoms with Gasteiger partial charge in [-0.15, -0.1) is 0 Å². The lowest BCUT2D eigenvalue weighted by molar-refractivity contribution is 0.620. The van der Waals surface area contributed by atoms with Crippen molar-refractivity contribution in [1.29, 1.82) is 0 Å². The van der Waals surface area contributed by atoms with Gasteiger partial charge in [0.25, 0.3) is 0 Å². The molecule has 0 aliphatic carbocycles. The highest BCUT2D eigenvalue weighted by atomic mass is 15.1. The average Bonchev–Trinajstić information content (AvgIpc) is 2.81. The predicted molar refractivity (Wildman–Crippen MR) is 82.5 cm³/mol. The number of pyridine rings is 1. The Kier molecular flexibility index (Phi) is 2.93. The first-order valence-electron chi connectivity index (χ1n) is 6.77. The molecule has 102 valence electrons. The molecule has 0 saturated heterocycles. The summed E-state index contributed by atoms with van der Waals surface area (Å²) < 4.78 is 2.15. The van der Waals surface area contributed by atoms with Crippen molar-refractivity contribution >= 4 is 16.9 Å². The molecule has 0 fully saturated rings. The molecule has 0 amide bonds. The van der Waals surface area contributed by atoms with Crippen LogP contribution in [0.15, 0.2) is 36.5 Å². The maximum atomic E-state index is 6.03. The van der Waals surface area contributed by atoms with Gasteiger partial charge in [-0.1, -0.05) is 12.1 Å². The molecule has 0 spiro atoms. The average molecular weight is 266 g/mol. The fourth-order valence-electron chi connectivity index (χ4n) is 2.40. The lowest BCUT2D eigenvalue weighted by Gasteiger charge is -2.13. The number of nitrogen functional groups attached to an aromatic ring is 1. The minimum Gasteiger partial charge on any atom is -0.398 e. The molecule has 0 bridgehead atoms. The summed E-state index contributed by atoms with van der Waals surface area (Å²) in [5, 5.41) is 0. The van der Waals surface area contributed by atoms with Gasteiger partial charge in [0.05, 0.1) is 0 Å². The first-order valence-corrected chi connectivity index (χ1v) is 6.77. The minimum absolute atomic E-state index is 0.285. The molecule has 20 heavy (non-hydrogen) atoms. The topological polar surface area (TPSA) is 56.7 Å². The van der Waals surface area contributed by atoms with Crippen LogP contribution in [0.1, 0.15) is 25.5 Å². The molecule has 0 unspecified atom stereocenters. The van der Waals surface area contributed by atoms with Crippen LogP contribution in [0.2, 0.25) is 0 Å². The Morgan fingerprint density at radius 1 is 1.20 bits per heavy atom. The maximum Gasteiger partial charge on any atom is 0.160 e. The molecule has 3 aromatic rings. The Morgan fingerprint density at radius 2 is 2.00 bits per heavy atom. The fraction of sp³-hybridized carbons (Fsp3) is 0.250. The molecular formula is C16H18N4. The summed E-state index contributed by atoms with van der Waals surface area (Å²) in [6.45, 7) is 6.28. The Morgan fingerprint density at radius 3 is 2.70 bits per heavy atom. The summed E-state index contributed by atoms with van der Waals surface area (Å²) in [6, 6.07) is 10.3. The van der Waals surface area contributed by atoms with E-state index < -0.39 is 0 Å². The fourth-order valence-corrected chi connectivity index (χ4v) is 2.40. The van der Waals surface area contributed by atoms with Gasteiger partial charge in [-0.2, -0.15) is 0 Å². The third kappa shape index (κ3) is 1.93. The van der Waals surface area contributed by atoms with Crippen LogP contribution in [0.25, 0.3) is 22.6 Å². The number of benzene rings is 1. The van der Waals surface area contributed by atoms with E-state index >= 15 is 0 Å². The van der Waals surface area contributed by atoms with E-state index in [4.69, 9.17) is 10.7 Å². The predicted octanol–water partition coefficient (Wildman–Crippen LogP) is 3.57. The van der Waals surface area contributed by atoms with Crippen LogP contribution in [0.3, 0.4) is 0 Å². The first kappa shape index (κ1) is 12.7. The van der Waals surface area contributed by atoms with Crippen LogP contribution in [0.5, 0.6) is 0 Å². The monoisotopic (exact) mass is 266 g/mol. The summed E-state index contributed by atoms with van der Waals surface area (Å²) in [5.74, 6) is 0.917. The van der Waals surface area contributed by atoms with Crippen molar-refractivity contribution in [3.63, 3.8) is 0 Å². The molecule has 4 nitrogen and oxygen atoms in total. The Hall–Kier alpha value is -2.36. The van der Waals surface area contributed by atoms with E-state index in [1.807, 2.05) is 31.2 Å². The zero-order valence-corrected chi connectivity index (χ0v) is 12.0. The number of hydrogen-bond acceptors (Lipinski definition) is 3. The highest BCUT2D eigenvalue weighted by Crippen LogP contribution is 2.29. The quantitative estimate of drug-likeness (QED) is 0.721. The number of aromatic nitrogens is 3. The number of anilines is 1. The SMILES string of the molecule is Cc1ccc(-c2nc3cccnc3n2C(C)C)cc1N. The Bertz CT molecular complexity index is 771. The second-order valence-corrected chi connectivity index (χ2v) is 5.32. The van der Waals surface area contributed by atoms with E-state index in [2.05, 4.69) is 29.5 Å². The van der Waals surface area contributed by atoms with Crippen molar-refractivity contribution in [3.8, 4) is 11.4 Å². The van der Waals surface area contributed by atoms with Gasteiger partial charge in [0, 0.05) is 23.5 Å². The summed E-state index contributed by atoms with van der Waals surface area (Å²) >= 11 is 0. The van der Waals surface area contributed by atoms with Crippen molar-refractivity contribution < 1.29 is 0 Å². The normalized spacial score (nSPS) is 11.4. The molecular weight excluding hydrogens is 248 g/mol. The number of aryl methyl sites for hydroxylation is 1. The van der Waals surface area contributed by atoms with Gasteiger partial charge in [-0.05, 0) is 44.5 Å². The van der Waals surface area contributed by atoms with Gasteiger partial charge in [0.15, 0.2) is 5.65 Å². The number of fused-ring (bicyclic) bond motifs is 1. The van der Waals surface area contributed by atoms with Crippen LogP contribution >= 0.6 is 0 Å². The molecule has 2 N–H and O–H groups in total. The van der Waals surface area contributed by atoms with Gasteiger partial charge >= 0.3 is 0 Å². The van der Waals surface area contributed by atoms with Crippen molar-refractivity contribution in [2.24, 2.45) is 0 Å². The number of nitrogens with two attached hydrogens (primary N) is 1. The van der Waals surface area contributed by atoms with Crippen molar-refractivity contribution in [2.75, 3.05) is 5.73 Å². The molecule has 1 aromatic carbocycles. The molecule has 0 saturated carbocycles. The van der Waals surface area contributed by atoms with Gasteiger partial charge in [-0.3, -0.25) is 0 Å². The smallest absolute Gasteiger partial charge is 0.160 e.